The van der Waals surface area contributed by atoms with Crippen LogP contribution in [0.3, 0.4) is 0 Å². The zero-order valence-electron chi connectivity index (χ0n) is 10.6. The molecule has 6 heteroatoms. The highest BCUT2D eigenvalue weighted by Crippen LogP contribution is 2.44. The van der Waals surface area contributed by atoms with Gasteiger partial charge in [-0.05, 0) is 24.6 Å². The van der Waals surface area contributed by atoms with E-state index in [1.807, 2.05) is 0 Å². The van der Waals surface area contributed by atoms with Crippen LogP contribution in [0, 0.1) is 28.6 Å². The van der Waals surface area contributed by atoms with Crippen molar-refractivity contribution in [3.8, 4) is 12.1 Å². The molecule has 100 valence electrons. The molecule has 0 spiro atoms. The molecule has 0 bridgehead atoms. The molecule has 1 aliphatic heterocycles. The van der Waals surface area contributed by atoms with Gasteiger partial charge in [0.2, 0.25) is 0 Å². The Morgan fingerprint density at radius 2 is 1.95 bits per heavy atom. The lowest BCUT2D eigenvalue weighted by Gasteiger charge is -2.36. The molecule has 0 amide bonds. The number of rotatable bonds is 1. The Hall–Kier alpha value is -1.95. The molecule has 0 saturated heterocycles. The van der Waals surface area contributed by atoms with Crippen molar-refractivity contribution in [3.05, 3.63) is 45.5 Å². The van der Waals surface area contributed by atoms with Crippen molar-refractivity contribution < 1.29 is 0 Å². The first-order chi connectivity index (χ1) is 9.44. The summed E-state index contributed by atoms with van der Waals surface area (Å²) < 4.78 is 0. The fraction of sp³-hybridized carbons (Fsp3) is 0.214. The van der Waals surface area contributed by atoms with Crippen LogP contribution in [0.25, 0.3) is 0 Å². The van der Waals surface area contributed by atoms with E-state index in [-0.39, 0.29) is 10.9 Å². The third kappa shape index (κ3) is 2.06. The first-order valence-corrected chi connectivity index (χ1v) is 6.61. The van der Waals surface area contributed by atoms with E-state index in [1.165, 1.54) is 0 Å². The maximum absolute atomic E-state index is 9.42. The van der Waals surface area contributed by atoms with Crippen LogP contribution in [0.1, 0.15) is 12.5 Å². The first-order valence-electron chi connectivity index (χ1n) is 5.78. The fourth-order valence-corrected chi connectivity index (χ4v) is 2.91. The monoisotopic (exact) mass is 302 g/mol. The molecule has 1 unspecified atom stereocenters. The van der Waals surface area contributed by atoms with Gasteiger partial charge in [-0.1, -0.05) is 23.7 Å². The fourth-order valence-electron chi connectivity index (χ4n) is 2.38. The molecule has 0 radical (unpaired) electrons. The summed E-state index contributed by atoms with van der Waals surface area (Å²) in [6.45, 7) is 1.79. The second kappa shape index (κ2) is 5.20. The number of nitrogens with two attached hydrogens (primary N) is 1. The summed E-state index contributed by atoms with van der Waals surface area (Å²) in [6.07, 6.45) is 0. The number of benzene rings is 1. The Labute approximate surface area is 127 Å². The molecule has 0 aromatic heterocycles. The normalized spacial score (nSPS) is 25.6. The Bertz CT molecular complexity index is 693. The van der Waals surface area contributed by atoms with Gasteiger partial charge in [0.15, 0.2) is 0 Å². The standard InChI is InChI=1S/C14H11ClN4S/c1-14(8-2-4-9(15)5-3-8)10(6-16)12(18)19-13(20)11(14)7-17/h2-5,10,20H,1H3,(H2,18,19)/t10?,14-/m0/s1. The van der Waals surface area contributed by atoms with E-state index in [2.05, 4.69) is 29.8 Å². The van der Waals surface area contributed by atoms with E-state index in [0.717, 1.165) is 5.56 Å². The lowest BCUT2D eigenvalue weighted by atomic mass is 9.66. The number of hydrogen-bond acceptors (Lipinski definition) is 5. The third-order valence-electron chi connectivity index (χ3n) is 3.54. The van der Waals surface area contributed by atoms with Gasteiger partial charge >= 0.3 is 0 Å². The van der Waals surface area contributed by atoms with Crippen molar-refractivity contribution >= 4 is 30.1 Å². The van der Waals surface area contributed by atoms with Gasteiger partial charge in [-0.25, -0.2) is 4.99 Å². The largest absolute Gasteiger partial charge is 0.386 e. The van der Waals surface area contributed by atoms with Gasteiger partial charge in [0.1, 0.15) is 16.8 Å². The van der Waals surface area contributed by atoms with Crippen molar-refractivity contribution in [1.29, 1.82) is 10.5 Å². The van der Waals surface area contributed by atoms with Crippen LogP contribution in [0.15, 0.2) is 39.9 Å². The van der Waals surface area contributed by atoms with Crippen molar-refractivity contribution in [3.63, 3.8) is 0 Å². The molecule has 1 aliphatic rings. The minimum Gasteiger partial charge on any atom is -0.386 e. The van der Waals surface area contributed by atoms with Crippen LogP contribution in [0.2, 0.25) is 5.02 Å². The highest BCUT2D eigenvalue weighted by Gasteiger charge is 2.46. The first kappa shape index (κ1) is 14.5. The van der Waals surface area contributed by atoms with E-state index in [1.54, 1.807) is 31.2 Å². The van der Waals surface area contributed by atoms with E-state index in [4.69, 9.17) is 17.3 Å². The topological polar surface area (TPSA) is 86.0 Å². The smallest absolute Gasteiger partial charge is 0.119 e. The average molecular weight is 303 g/mol. The summed E-state index contributed by atoms with van der Waals surface area (Å²) in [5.74, 6) is -0.567. The van der Waals surface area contributed by atoms with Crippen LogP contribution in [-0.4, -0.2) is 5.84 Å². The Morgan fingerprint density at radius 1 is 1.35 bits per heavy atom. The number of nitriles is 2. The molecule has 4 nitrogen and oxygen atoms in total. The van der Waals surface area contributed by atoms with Gasteiger partial charge in [-0.3, -0.25) is 0 Å². The minimum atomic E-state index is -0.892. The molecule has 0 saturated carbocycles. The zero-order valence-corrected chi connectivity index (χ0v) is 12.3. The van der Waals surface area contributed by atoms with Crippen LogP contribution < -0.4 is 5.73 Å². The Morgan fingerprint density at radius 3 is 2.45 bits per heavy atom. The number of thiol groups is 1. The summed E-state index contributed by atoms with van der Waals surface area (Å²) >= 11 is 10.1. The Balaban J connectivity index is 2.73. The molecule has 2 N–H and O–H groups in total. The summed E-state index contributed by atoms with van der Waals surface area (Å²) in [5.41, 5.74) is 6.05. The number of nitrogens with zero attached hydrogens (tertiary/aromatic N) is 3. The van der Waals surface area contributed by atoms with Crippen molar-refractivity contribution in [2.24, 2.45) is 16.6 Å². The Kier molecular flexibility index (Phi) is 3.76. The van der Waals surface area contributed by atoms with Gasteiger partial charge in [0.05, 0.1) is 23.1 Å². The summed E-state index contributed by atoms with van der Waals surface area (Å²) in [6, 6.07) is 11.2. The second-order valence-electron chi connectivity index (χ2n) is 4.62. The van der Waals surface area contributed by atoms with Crippen molar-refractivity contribution in [2.75, 3.05) is 0 Å². The summed E-state index contributed by atoms with van der Waals surface area (Å²) in [5, 5.41) is 19.7. The molecule has 1 aromatic carbocycles. The predicted molar refractivity (Wildman–Crippen MR) is 81.2 cm³/mol. The highest BCUT2D eigenvalue weighted by molar-refractivity contribution is 7.84. The number of amidine groups is 1. The highest BCUT2D eigenvalue weighted by atomic mass is 35.5. The quantitative estimate of drug-likeness (QED) is 0.782. The van der Waals surface area contributed by atoms with Gasteiger partial charge in [0, 0.05) is 5.02 Å². The van der Waals surface area contributed by atoms with Crippen LogP contribution in [-0.2, 0) is 5.41 Å². The second-order valence-corrected chi connectivity index (χ2v) is 5.48. The summed E-state index contributed by atoms with van der Waals surface area (Å²) in [4.78, 5) is 3.99. The predicted octanol–water partition coefficient (Wildman–Crippen LogP) is 2.77. The van der Waals surface area contributed by atoms with Gasteiger partial charge in [-0.2, -0.15) is 10.5 Å². The third-order valence-corrected chi connectivity index (χ3v) is 4.11. The van der Waals surface area contributed by atoms with E-state index in [0.29, 0.717) is 10.6 Å². The number of halogens is 1. The SMILES string of the molecule is C[C@@]1(c2ccc(Cl)cc2)C(C#N)=C(S)N=C(N)C1C#N. The molecule has 1 heterocycles. The average Bonchev–Trinajstić information content (AvgIpc) is 2.39. The van der Waals surface area contributed by atoms with Crippen LogP contribution in [0.5, 0.6) is 0 Å². The number of hydrogen-bond donors (Lipinski definition) is 2. The van der Waals surface area contributed by atoms with Crippen LogP contribution >= 0.6 is 24.2 Å². The maximum Gasteiger partial charge on any atom is 0.119 e. The minimum absolute atomic E-state index is 0.161. The lowest BCUT2D eigenvalue weighted by molar-refractivity contribution is 0.503. The van der Waals surface area contributed by atoms with Gasteiger partial charge in [-0.15, -0.1) is 12.6 Å². The molecule has 2 rings (SSSR count). The maximum atomic E-state index is 9.42. The lowest BCUT2D eigenvalue weighted by Crippen LogP contribution is -2.44. The van der Waals surface area contributed by atoms with Crippen LogP contribution in [0.4, 0.5) is 0 Å². The van der Waals surface area contributed by atoms with E-state index < -0.39 is 11.3 Å². The molecule has 1 aromatic rings. The molecule has 0 fully saturated rings. The number of aliphatic imine (C=N–C) groups is 1. The zero-order chi connectivity index (χ0) is 14.9. The van der Waals surface area contributed by atoms with Crippen molar-refractivity contribution in [2.45, 2.75) is 12.3 Å². The van der Waals surface area contributed by atoms with Gasteiger partial charge < -0.3 is 5.73 Å². The van der Waals surface area contributed by atoms with Crippen molar-refractivity contribution in [1.82, 2.24) is 0 Å². The molecular formula is C14H11ClN4S. The number of allylic oxidation sites excluding steroid dienone is 1. The molecular weight excluding hydrogens is 292 g/mol. The van der Waals surface area contributed by atoms with Gasteiger partial charge in [0.25, 0.3) is 0 Å². The molecule has 2 atom stereocenters. The molecule has 20 heavy (non-hydrogen) atoms. The van der Waals surface area contributed by atoms with E-state index >= 15 is 0 Å². The molecule has 0 aliphatic carbocycles. The summed E-state index contributed by atoms with van der Waals surface area (Å²) in [7, 11) is 0. The van der Waals surface area contributed by atoms with E-state index in [9.17, 15) is 10.5 Å².